The molecular weight excluding hydrogens is 286 g/mol. The minimum Gasteiger partial charge on any atom is -0.380 e. The van der Waals surface area contributed by atoms with Crippen molar-refractivity contribution < 1.29 is 9.53 Å². The van der Waals surface area contributed by atoms with E-state index in [0.717, 1.165) is 21.8 Å². The van der Waals surface area contributed by atoms with Crippen molar-refractivity contribution in [1.82, 2.24) is 9.69 Å². The maximum absolute atomic E-state index is 12.2. The number of aromatic nitrogens is 1. The van der Waals surface area contributed by atoms with Crippen molar-refractivity contribution in [1.29, 1.82) is 0 Å². The number of hydrogen-bond donors (Lipinski definition) is 2. The Kier molecular flexibility index (Phi) is 5.30. The molecule has 1 heterocycles. The summed E-state index contributed by atoms with van der Waals surface area (Å²) in [7, 11) is 3.46. The van der Waals surface area contributed by atoms with Crippen molar-refractivity contribution in [2.75, 3.05) is 19.5 Å². The Labute approximate surface area is 128 Å². The predicted molar refractivity (Wildman–Crippen MR) is 84.7 cm³/mol. The number of carbonyl (C=O) groups excluding carboxylic acids is 1. The Balaban J connectivity index is 1.99. The number of benzene rings is 1. The molecule has 1 amide bonds. The van der Waals surface area contributed by atoms with E-state index in [9.17, 15) is 4.79 Å². The van der Waals surface area contributed by atoms with Gasteiger partial charge in [0.1, 0.15) is 5.00 Å². The molecule has 112 valence electrons. The highest BCUT2D eigenvalue weighted by Gasteiger charge is 2.17. The highest BCUT2D eigenvalue weighted by Crippen LogP contribution is 2.23. The zero-order valence-electron chi connectivity index (χ0n) is 12.4. The summed E-state index contributed by atoms with van der Waals surface area (Å²) in [5.74, 6) is -0.105. The lowest BCUT2D eigenvalue weighted by molar-refractivity contribution is 0.0951. The summed E-state index contributed by atoms with van der Waals surface area (Å²) >= 11 is 1.30. The van der Waals surface area contributed by atoms with Gasteiger partial charge >= 0.3 is 0 Å². The Morgan fingerprint density at radius 1 is 1.29 bits per heavy atom. The summed E-state index contributed by atoms with van der Waals surface area (Å²) in [5, 5.41) is 6.72. The number of anilines is 1. The Hall–Kier alpha value is -1.92. The third-order valence-electron chi connectivity index (χ3n) is 3.10. The molecule has 0 saturated carbocycles. The van der Waals surface area contributed by atoms with Gasteiger partial charge in [-0.2, -0.15) is 4.37 Å². The van der Waals surface area contributed by atoms with Crippen LogP contribution in [0, 0.1) is 6.92 Å². The van der Waals surface area contributed by atoms with Crippen LogP contribution in [-0.2, 0) is 17.9 Å². The van der Waals surface area contributed by atoms with Crippen LogP contribution in [0.25, 0.3) is 0 Å². The van der Waals surface area contributed by atoms with E-state index < -0.39 is 0 Å². The van der Waals surface area contributed by atoms with Crippen molar-refractivity contribution >= 4 is 22.4 Å². The van der Waals surface area contributed by atoms with Gasteiger partial charge in [0, 0.05) is 20.7 Å². The summed E-state index contributed by atoms with van der Waals surface area (Å²) < 4.78 is 9.27. The van der Waals surface area contributed by atoms with Gasteiger partial charge in [-0.15, -0.1) is 0 Å². The highest BCUT2D eigenvalue weighted by atomic mass is 32.1. The number of amides is 1. The van der Waals surface area contributed by atoms with Gasteiger partial charge in [0.05, 0.1) is 17.9 Å². The normalized spacial score (nSPS) is 10.4. The molecule has 1 aromatic carbocycles. The second kappa shape index (κ2) is 7.19. The van der Waals surface area contributed by atoms with Gasteiger partial charge < -0.3 is 15.4 Å². The first-order chi connectivity index (χ1) is 10.2. The first-order valence-electron chi connectivity index (χ1n) is 6.64. The molecule has 0 spiro atoms. The molecule has 5 nitrogen and oxygen atoms in total. The van der Waals surface area contributed by atoms with Crippen LogP contribution in [0.15, 0.2) is 24.3 Å². The molecule has 2 N–H and O–H groups in total. The summed E-state index contributed by atoms with van der Waals surface area (Å²) in [4.78, 5) is 12.2. The van der Waals surface area contributed by atoms with Crippen LogP contribution < -0.4 is 10.6 Å². The fourth-order valence-corrected chi connectivity index (χ4v) is 2.74. The molecule has 21 heavy (non-hydrogen) atoms. The SMILES string of the molecule is CNc1snc(C)c1C(=O)NCc1ccc(COC)cc1. The molecule has 0 aliphatic rings. The zero-order valence-corrected chi connectivity index (χ0v) is 13.2. The van der Waals surface area contributed by atoms with Crippen LogP contribution in [-0.4, -0.2) is 24.4 Å². The van der Waals surface area contributed by atoms with E-state index >= 15 is 0 Å². The van der Waals surface area contributed by atoms with E-state index in [4.69, 9.17) is 4.74 Å². The molecule has 0 aliphatic carbocycles. The maximum Gasteiger partial charge on any atom is 0.256 e. The lowest BCUT2D eigenvalue weighted by Gasteiger charge is -2.07. The lowest BCUT2D eigenvalue weighted by Crippen LogP contribution is -2.23. The molecule has 1 aromatic heterocycles. The first-order valence-corrected chi connectivity index (χ1v) is 7.42. The number of hydrogen-bond acceptors (Lipinski definition) is 5. The van der Waals surface area contributed by atoms with Crippen LogP contribution in [0.3, 0.4) is 0 Å². The molecule has 0 atom stereocenters. The van der Waals surface area contributed by atoms with Gasteiger partial charge in [0.2, 0.25) is 0 Å². The van der Waals surface area contributed by atoms with Crippen molar-refractivity contribution in [2.24, 2.45) is 0 Å². The van der Waals surface area contributed by atoms with E-state index in [2.05, 4.69) is 15.0 Å². The van der Waals surface area contributed by atoms with E-state index in [1.165, 1.54) is 11.5 Å². The Morgan fingerprint density at radius 3 is 2.57 bits per heavy atom. The molecule has 2 aromatic rings. The van der Waals surface area contributed by atoms with Crippen molar-refractivity contribution in [3.63, 3.8) is 0 Å². The van der Waals surface area contributed by atoms with Crippen molar-refractivity contribution in [2.45, 2.75) is 20.1 Å². The Bertz CT molecular complexity index is 608. The van der Waals surface area contributed by atoms with E-state index in [1.54, 1.807) is 14.2 Å². The van der Waals surface area contributed by atoms with Gasteiger partial charge in [-0.3, -0.25) is 4.79 Å². The van der Waals surface area contributed by atoms with E-state index in [1.807, 2.05) is 31.2 Å². The fourth-order valence-electron chi connectivity index (χ4n) is 2.00. The molecule has 0 unspecified atom stereocenters. The van der Waals surface area contributed by atoms with Crippen LogP contribution in [0.4, 0.5) is 5.00 Å². The standard InChI is InChI=1S/C15H19N3O2S/c1-10-13(15(16-2)21-18-10)14(19)17-8-11-4-6-12(7-5-11)9-20-3/h4-7,16H,8-9H2,1-3H3,(H,17,19). The van der Waals surface area contributed by atoms with Crippen LogP contribution in [0.2, 0.25) is 0 Å². The lowest BCUT2D eigenvalue weighted by atomic mass is 10.1. The van der Waals surface area contributed by atoms with Crippen LogP contribution in [0.1, 0.15) is 27.2 Å². The molecule has 0 bridgehead atoms. The number of methoxy groups -OCH3 is 1. The van der Waals surface area contributed by atoms with Crippen molar-refractivity contribution in [3.8, 4) is 0 Å². The molecule has 2 rings (SSSR count). The monoisotopic (exact) mass is 305 g/mol. The third-order valence-corrected chi connectivity index (χ3v) is 4.06. The van der Waals surface area contributed by atoms with Crippen LogP contribution >= 0.6 is 11.5 Å². The van der Waals surface area contributed by atoms with E-state index in [0.29, 0.717) is 18.7 Å². The number of aryl methyl sites for hydroxylation is 1. The number of nitrogens with zero attached hydrogens (tertiary/aromatic N) is 1. The Morgan fingerprint density at radius 2 is 1.95 bits per heavy atom. The smallest absolute Gasteiger partial charge is 0.256 e. The highest BCUT2D eigenvalue weighted by molar-refractivity contribution is 7.10. The average Bonchev–Trinajstić information content (AvgIpc) is 2.87. The summed E-state index contributed by atoms with van der Waals surface area (Å²) in [6.45, 7) is 2.92. The minimum atomic E-state index is -0.105. The van der Waals surface area contributed by atoms with Crippen molar-refractivity contribution in [3.05, 3.63) is 46.6 Å². The molecular formula is C15H19N3O2S. The quantitative estimate of drug-likeness (QED) is 0.861. The number of rotatable bonds is 6. The van der Waals surface area contributed by atoms with Crippen LogP contribution in [0.5, 0.6) is 0 Å². The van der Waals surface area contributed by atoms with Gasteiger partial charge in [-0.05, 0) is 29.6 Å². The van der Waals surface area contributed by atoms with Gasteiger partial charge in [0.25, 0.3) is 5.91 Å². The molecule has 0 fully saturated rings. The minimum absolute atomic E-state index is 0.105. The number of carbonyl (C=O) groups is 1. The number of ether oxygens (including phenoxy) is 1. The van der Waals surface area contributed by atoms with Gasteiger partial charge in [-0.1, -0.05) is 24.3 Å². The molecule has 6 heteroatoms. The zero-order chi connectivity index (χ0) is 15.2. The maximum atomic E-state index is 12.2. The second-order valence-corrected chi connectivity index (χ2v) is 5.43. The molecule has 0 radical (unpaired) electrons. The van der Waals surface area contributed by atoms with Gasteiger partial charge in [-0.25, -0.2) is 0 Å². The van der Waals surface area contributed by atoms with Gasteiger partial charge in [0.15, 0.2) is 0 Å². The molecule has 0 aliphatic heterocycles. The third kappa shape index (κ3) is 3.80. The average molecular weight is 305 g/mol. The summed E-state index contributed by atoms with van der Waals surface area (Å²) in [6.07, 6.45) is 0. The second-order valence-electron chi connectivity index (χ2n) is 4.65. The first kappa shape index (κ1) is 15.5. The largest absolute Gasteiger partial charge is 0.380 e. The number of nitrogens with one attached hydrogen (secondary N) is 2. The molecule has 0 saturated heterocycles. The van der Waals surface area contributed by atoms with E-state index in [-0.39, 0.29) is 5.91 Å². The summed E-state index contributed by atoms with van der Waals surface area (Å²) in [5.41, 5.74) is 3.54. The topological polar surface area (TPSA) is 63.2 Å². The summed E-state index contributed by atoms with van der Waals surface area (Å²) in [6, 6.07) is 7.99. The predicted octanol–water partition coefficient (Wildman–Crippen LogP) is 2.57. The fraction of sp³-hybridized carbons (Fsp3) is 0.333.